The Kier molecular flexibility index (Phi) is 6.03. The molecular formula is C18H26N2O. The second kappa shape index (κ2) is 8.01. The van der Waals surface area contributed by atoms with Crippen molar-refractivity contribution in [1.29, 1.82) is 0 Å². The molecule has 114 valence electrons. The van der Waals surface area contributed by atoms with Gasteiger partial charge >= 0.3 is 0 Å². The summed E-state index contributed by atoms with van der Waals surface area (Å²) in [5.41, 5.74) is 3.96. The molecule has 0 fully saturated rings. The third-order valence-corrected chi connectivity index (χ3v) is 3.47. The van der Waals surface area contributed by atoms with Gasteiger partial charge in [0, 0.05) is 24.7 Å². The predicted molar refractivity (Wildman–Crippen MR) is 87.2 cm³/mol. The van der Waals surface area contributed by atoms with Crippen LogP contribution in [0.3, 0.4) is 0 Å². The lowest BCUT2D eigenvalue weighted by molar-refractivity contribution is 0.318. The van der Waals surface area contributed by atoms with Gasteiger partial charge in [-0.2, -0.15) is 0 Å². The zero-order valence-corrected chi connectivity index (χ0v) is 13.3. The van der Waals surface area contributed by atoms with Gasteiger partial charge in [-0.25, -0.2) is 0 Å². The lowest BCUT2D eigenvalue weighted by Gasteiger charge is -2.16. The van der Waals surface area contributed by atoms with Crippen molar-refractivity contribution in [2.75, 3.05) is 13.6 Å². The molecule has 1 N–H and O–H groups in total. The Bertz CT molecular complexity index is 503. The van der Waals surface area contributed by atoms with E-state index in [-0.39, 0.29) is 0 Å². The molecule has 2 aromatic rings. The number of hydrogen-bond donors (Lipinski definition) is 1. The summed E-state index contributed by atoms with van der Waals surface area (Å²) in [6.07, 6.45) is 4.62. The summed E-state index contributed by atoms with van der Waals surface area (Å²) in [6, 6.07) is 11.5. The van der Waals surface area contributed by atoms with Crippen LogP contribution in [0, 0.1) is 0 Å². The fourth-order valence-electron chi connectivity index (χ4n) is 2.38. The predicted octanol–water partition coefficient (Wildman–Crippen LogP) is 3.45. The van der Waals surface area contributed by atoms with E-state index < -0.39 is 0 Å². The first-order valence-electron chi connectivity index (χ1n) is 7.64. The van der Waals surface area contributed by atoms with Crippen molar-refractivity contribution in [1.82, 2.24) is 10.2 Å². The molecule has 3 heteroatoms. The van der Waals surface area contributed by atoms with E-state index in [1.807, 2.05) is 6.07 Å². The Morgan fingerprint density at radius 1 is 1.00 bits per heavy atom. The van der Waals surface area contributed by atoms with E-state index in [9.17, 15) is 0 Å². The van der Waals surface area contributed by atoms with Gasteiger partial charge in [0.05, 0.1) is 12.5 Å². The molecule has 21 heavy (non-hydrogen) atoms. The normalized spacial score (nSPS) is 11.5. The molecule has 2 rings (SSSR count). The van der Waals surface area contributed by atoms with Gasteiger partial charge in [-0.05, 0) is 37.2 Å². The number of benzene rings is 1. The van der Waals surface area contributed by atoms with E-state index in [1.165, 1.54) is 16.7 Å². The van der Waals surface area contributed by atoms with Gasteiger partial charge in [0.25, 0.3) is 0 Å². The van der Waals surface area contributed by atoms with E-state index in [0.29, 0.717) is 6.04 Å². The first-order valence-corrected chi connectivity index (χ1v) is 7.64. The van der Waals surface area contributed by atoms with Crippen LogP contribution in [-0.4, -0.2) is 24.5 Å². The topological polar surface area (TPSA) is 28.4 Å². The van der Waals surface area contributed by atoms with Gasteiger partial charge in [-0.3, -0.25) is 4.90 Å². The minimum atomic E-state index is 0.556. The Hall–Kier alpha value is -1.58. The molecule has 0 saturated carbocycles. The van der Waals surface area contributed by atoms with Crippen LogP contribution in [0.2, 0.25) is 0 Å². The largest absolute Gasteiger partial charge is 0.472 e. The summed E-state index contributed by atoms with van der Waals surface area (Å²) in [4.78, 5) is 2.29. The summed E-state index contributed by atoms with van der Waals surface area (Å²) in [5, 5.41) is 3.45. The van der Waals surface area contributed by atoms with E-state index in [4.69, 9.17) is 4.42 Å². The molecule has 0 saturated heterocycles. The molecule has 1 aromatic carbocycles. The van der Waals surface area contributed by atoms with Crippen molar-refractivity contribution < 1.29 is 4.42 Å². The van der Waals surface area contributed by atoms with E-state index in [1.54, 1.807) is 12.5 Å². The fourth-order valence-corrected chi connectivity index (χ4v) is 2.38. The highest BCUT2D eigenvalue weighted by molar-refractivity contribution is 5.23. The number of furan rings is 1. The zero-order chi connectivity index (χ0) is 15.1. The lowest BCUT2D eigenvalue weighted by atomic mass is 10.1. The lowest BCUT2D eigenvalue weighted by Crippen LogP contribution is -2.24. The van der Waals surface area contributed by atoms with Gasteiger partial charge < -0.3 is 9.73 Å². The molecule has 0 spiro atoms. The summed E-state index contributed by atoms with van der Waals surface area (Å²) in [7, 11) is 2.13. The molecule has 0 amide bonds. The van der Waals surface area contributed by atoms with E-state index >= 15 is 0 Å². The first-order chi connectivity index (χ1) is 10.1. The van der Waals surface area contributed by atoms with Crippen molar-refractivity contribution in [2.45, 2.75) is 39.4 Å². The highest BCUT2D eigenvalue weighted by Gasteiger charge is 2.03. The summed E-state index contributed by atoms with van der Waals surface area (Å²) >= 11 is 0. The molecule has 0 radical (unpaired) electrons. The molecule has 0 aliphatic rings. The summed E-state index contributed by atoms with van der Waals surface area (Å²) < 4.78 is 5.10. The van der Waals surface area contributed by atoms with Gasteiger partial charge in [0.15, 0.2) is 0 Å². The van der Waals surface area contributed by atoms with Crippen LogP contribution in [0.5, 0.6) is 0 Å². The van der Waals surface area contributed by atoms with Gasteiger partial charge in [-0.15, -0.1) is 0 Å². The van der Waals surface area contributed by atoms with Gasteiger partial charge in [-0.1, -0.05) is 38.1 Å². The van der Waals surface area contributed by atoms with Crippen LogP contribution >= 0.6 is 0 Å². The smallest absolute Gasteiger partial charge is 0.0947 e. The molecule has 3 nitrogen and oxygen atoms in total. The van der Waals surface area contributed by atoms with Crippen LogP contribution < -0.4 is 5.32 Å². The third kappa shape index (κ3) is 5.74. The second-order valence-corrected chi connectivity index (χ2v) is 5.98. The average molecular weight is 286 g/mol. The highest BCUT2D eigenvalue weighted by atomic mass is 16.3. The number of nitrogens with zero attached hydrogens (tertiary/aromatic N) is 1. The van der Waals surface area contributed by atoms with Crippen molar-refractivity contribution in [3.63, 3.8) is 0 Å². The Balaban J connectivity index is 1.78. The number of hydrogen-bond acceptors (Lipinski definition) is 3. The van der Waals surface area contributed by atoms with Crippen molar-refractivity contribution in [2.24, 2.45) is 0 Å². The van der Waals surface area contributed by atoms with Gasteiger partial charge in [0.1, 0.15) is 0 Å². The fraction of sp³-hybridized carbons (Fsp3) is 0.444. The van der Waals surface area contributed by atoms with Gasteiger partial charge in [0.2, 0.25) is 0 Å². The Morgan fingerprint density at radius 2 is 1.67 bits per heavy atom. The van der Waals surface area contributed by atoms with E-state index in [0.717, 1.165) is 26.1 Å². The maximum Gasteiger partial charge on any atom is 0.0947 e. The maximum atomic E-state index is 5.10. The first kappa shape index (κ1) is 15.8. The molecule has 0 unspecified atom stereocenters. The standard InChI is InChI=1S/C18H26N2O/c1-15(2)19-10-8-16-4-6-17(7-5-16)12-20(3)13-18-9-11-21-14-18/h4-7,9,11,14-15,19H,8,10,12-13H2,1-3H3. The number of rotatable bonds is 8. The van der Waals surface area contributed by atoms with Crippen LogP contribution in [0.25, 0.3) is 0 Å². The third-order valence-electron chi connectivity index (χ3n) is 3.47. The van der Waals surface area contributed by atoms with Crippen LogP contribution in [0.1, 0.15) is 30.5 Å². The van der Waals surface area contributed by atoms with Crippen LogP contribution in [-0.2, 0) is 19.5 Å². The molecular weight excluding hydrogens is 260 g/mol. The minimum Gasteiger partial charge on any atom is -0.472 e. The summed E-state index contributed by atoms with van der Waals surface area (Å²) in [6.45, 7) is 7.27. The number of nitrogens with one attached hydrogen (secondary N) is 1. The monoisotopic (exact) mass is 286 g/mol. The average Bonchev–Trinajstić information content (AvgIpc) is 2.93. The van der Waals surface area contributed by atoms with Crippen LogP contribution in [0.15, 0.2) is 47.3 Å². The van der Waals surface area contributed by atoms with Crippen molar-refractivity contribution in [3.8, 4) is 0 Å². The van der Waals surface area contributed by atoms with Crippen molar-refractivity contribution >= 4 is 0 Å². The Labute approximate surface area is 128 Å². The van der Waals surface area contributed by atoms with E-state index in [2.05, 4.69) is 55.4 Å². The highest BCUT2D eigenvalue weighted by Crippen LogP contribution is 2.10. The zero-order valence-electron chi connectivity index (χ0n) is 13.3. The molecule has 1 aromatic heterocycles. The molecule has 1 heterocycles. The van der Waals surface area contributed by atoms with Crippen LogP contribution in [0.4, 0.5) is 0 Å². The summed E-state index contributed by atoms with van der Waals surface area (Å²) in [5.74, 6) is 0. The SMILES string of the molecule is CC(C)NCCc1ccc(CN(C)Cc2ccoc2)cc1. The quantitative estimate of drug-likeness (QED) is 0.805. The molecule has 0 aliphatic heterocycles. The Morgan fingerprint density at radius 3 is 2.29 bits per heavy atom. The van der Waals surface area contributed by atoms with Crippen molar-refractivity contribution in [3.05, 3.63) is 59.5 Å². The minimum absolute atomic E-state index is 0.556. The molecule has 0 atom stereocenters. The second-order valence-electron chi connectivity index (χ2n) is 5.98. The molecule has 0 bridgehead atoms. The maximum absolute atomic E-state index is 5.10. The molecule has 0 aliphatic carbocycles.